The average molecular weight is 376 g/mol. The monoisotopic (exact) mass is 375 g/mol. The lowest BCUT2D eigenvalue weighted by Crippen LogP contribution is -3.16. The van der Waals surface area contributed by atoms with E-state index in [4.69, 9.17) is 9.47 Å². The minimum Gasteiger partial charge on any atom is -0.497 e. The first-order valence-electron chi connectivity index (χ1n) is 9.01. The summed E-state index contributed by atoms with van der Waals surface area (Å²) in [6.45, 7) is 6.96. The summed E-state index contributed by atoms with van der Waals surface area (Å²) >= 11 is 1.67. The van der Waals surface area contributed by atoms with Crippen LogP contribution in [0.25, 0.3) is 0 Å². The van der Waals surface area contributed by atoms with Crippen LogP contribution in [0, 0.1) is 0 Å². The lowest BCUT2D eigenvalue weighted by molar-refractivity contribution is -0.907. The van der Waals surface area contributed by atoms with Crippen LogP contribution in [-0.4, -0.2) is 44.9 Å². The average Bonchev–Trinajstić information content (AvgIpc) is 3.12. The third kappa shape index (κ3) is 4.84. The van der Waals surface area contributed by atoms with Crippen molar-refractivity contribution in [2.45, 2.75) is 32.6 Å². The molecule has 1 N–H and O–H groups in total. The topological polar surface area (TPSA) is 43.2 Å². The van der Waals surface area contributed by atoms with Crippen LogP contribution in [0.2, 0.25) is 0 Å². The fraction of sp³-hybridized carbons (Fsp3) is 0.450. The van der Waals surface area contributed by atoms with Crippen molar-refractivity contribution in [1.82, 2.24) is 0 Å². The smallest absolute Gasteiger partial charge is 0.282 e. The number of thiophene rings is 1. The van der Waals surface area contributed by atoms with Crippen LogP contribution >= 0.6 is 11.3 Å². The zero-order valence-corrected chi connectivity index (χ0v) is 16.4. The quantitative estimate of drug-likeness (QED) is 0.840. The van der Waals surface area contributed by atoms with Gasteiger partial charge in [-0.25, -0.2) is 0 Å². The van der Waals surface area contributed by atoms with Crippen molar-refractivity contribution in [3.05, 3.63) is 46.7 Å². The van der Waals surface area contributed by atoms with Gasteiger partial charge in [-0.3, -0.25) is 4.79 Å². The summed E-state index contributed by atoms with van der Waals surface area (Å²) < 4.78 is 11.0. The highest BCUT2D eigenvalue weighted by Crippen LogP contribution is 2.22. The molecule has 2 atom stereocenters. The Morgan fingerprint density at radius 1 is 1.23 bits per heavy atom. The van der Waals surface area contributed by atoms with E-state index in [2.05, 4.69) is 19.9 Å². The van der Waals surface area contributed by atoms with Gasteiger partial charge in [0.05, 0.1) is 13.7 Å². The summed E-state index contributed by atoms with van der Waals surface area (Å²) in [5, 5.41) is 2.04. The molecule has 1 saturated heterocycles. The number of amides is 1. The van der Waals surface area contributed by atoms with Gasteiger partial charge in [-0.15, -0.1) is 11.3 Å². The molecule has 1 amide bonds. The normalized spacial score (nSPS) is 22.8. The van der Waals surface area contributed by atoms with E-state index >= 15 is 0 Å². The molecule has 26 heavy (non-hydrogen) atoms. The summed E-state index contributed by atoms with van der Waals surface area (Å²) in [6, 6.07) is 11.8. The van der Waals surface area contributed by atoms with E-state index in [1.807, 2.05) is 40.6 Å². The maximum atomic E-state index is 13.1. The molecule has 140 valence electrons. The highest BCUT2D eigenvalue weighted by molar-refractivity contribution is 7.09. The Morgan fingerprint density at radius 3 is 2.50 bits per heavy atom. The fourth-order valence-corrected chi connectivity index (χ4v) is 4.18. The Bertz CT molecular complexity index is 692. The second-order valence-corrected chi connectivity index (χ2v) is 7.88. The predicted molar refractivity (Wildman–Crippen MR) is 104 cm³/mol. The number of quaternary nitrogens is 1. The summed E-state index contributed by atoms with van der Waals surface area (Å²) in [5.41, 5.74) is 0.901. The maximum Gasteiger partial charge on any atom is 0.282 e. The third-order valence-corrected chi connectivity index (χ3v) is 5.46. The number of hydrogen-bond acceptors (Lipinski definition) is 4. The number of morpholine rings is 1. The van der Waals surface area contributed by atoms with Crippen molar-refractivity contribution in [3.8, 4) is 5.75 Å². The van der Waals surface area contributed by atoms with Crippen molar-refractivity contribution < 1.29 is 19.2 Å². The molecule has 0 spiro atoms. The van der Waals surface area contributed by atoms with Crippen LogP contribution in [0.3, 0.4) is 0 Å². The SMILES string of the molecule is COc1ccc(N(Cc2cccs2)C(=O)C[NH+]2C[C@H](C)O[C@@H](C)C2)cc1. The summed E-state index contributed by atoms with van der Waals surface area (Å²) in [4.78, 5) is 17.5. The molecule has 1 aliphatic rings. The molecule has 0 unspecified atom stereocenters. The first kappa shape index (κ1) is 18.9. The lowest BCUT2D eigenvalue weighted by Gasteiger charge is -2.33. The first-order valence-corrected chi connectivity index (χ1v) is 9.89. The van der Waals surface area contributed by atoms with Crippen LogP contribution in [-0.2, 0) is 16.1 Å². The van der Waals surface area contributed by atoms with Crippen molar-refractivity contribution in [1.29, 1.82) is 0 Å². The Labute approximate surface area is 159 Å². The highest BCUT2D eigenvalue weighted by atomic mass is 32.1. The summed E-state index contributed by atoms with van der Waals surface area (Å²) in [6.07, 6.45) is 0.376. The molecule has 6 heteroatoms. The number of carbonyl (C=O) groups excluding carboxylic acids is 1. The van der Waals surface area contributed by atoms with Crippen molar-refractivity contribution in [2.24, 2.45) is 0 Å². The zero-order chi connectivity index (χ0) is 18.5. The summed E-state index contributed by atoms with van der Waals surface area (Å²) in [5.74, 6) is 0.929. The van der Waals surface area contributed by atoms with E-state index < -0.39 is 0 Å². The number of carbonyl (C=O) groups is 1. The third-order valence-electron chi connectivity index (χ3n) is 4.60. The Morgan fingerprint density at radius 2 is 1.92 bits per heavy atom. The van der Waals surface area contributed by atoms with Crippen LogP contribution in [0.1, 0.15) is 18.7 Å². The molecule has 0 bridgehead atoms. The number of ether oxygens (including phenoxy) is 2. The lowest BCUT2D eigenvalue weighted by atomic mass is 10.2. The van der Waals surface area contributed by atoms with Crippen LogP contribution in [0.4, 0.5) is 5.69 Å². The number of nitrogens with zero attached hydrogens (tertiary/aromatic N) is 1. The Balaban J connectivity index is 1.76. The number of nitrogens with one attached hydrogen (secondary N) is 1. The minimum atomic E-state index is 0.139. The van der Waals surface area contributed by atoms with Gasteiger partial charge in [0.1, 0.15) is 31.0 Å². The van der Waals surface area contributed by atoms with E-state index in [1.165, 1.54) is 9.78 Å². The van der Waals surface area contributed by atoms with Crippen molar-refractivity contribution in [3.63, 3.8) is 0 Å². The van der Waals surface area contributed by atoms with Gasteiger partial charge in [0, 0.05) is 10.6 Å². The number of benzene rings is 1. The van der Waals surface area contributed by atoms with Gasteiger partial charge < -0.3 is 19.3 Å². The molecule has 5 nitrogen and oxygen atoms in total. The summed E-state index contributed by atoms with van der Waals surface area (Å²) in [7, 11) is 1.65. The fourth-order valence-electron chi connectivity index (χ4n) is 3.49. The highest BCUT2D eigenvalue weighted by Gasteiger charge is 2.29. The van der Waals surface area contributed by atoms with Gasteiger partial charge in [0.2, 0.25) is 0 Å². The van der Waals surface area contributed by atoms with Crippen molar-refractivity contribution >= 4 is 22.9 Å². The molecule has 1 fully saturated rings. The Kier molecular flexibility index (Phi) is 6.29. The molecule has 2 heterocycles. The minimum absolute atomic E-state index is 0.139. The molecular formula is C20H27N2O3S+. The molecule has 2 aromatic rings. The van der Waals surface area contributed by atoms with Gasteiger partial charge >= 0.3 is 0 Å². The second kappa shape index (κ2) is 8.66. The number of hydrogen-bond donors (Lipinski definition) is 1. The number of anilines is 1. The van der Waals surface area contributed by atoms with Gasteiger partial charge in [-0.05, 0) is 49.6 Å². The molecule has 1 aliphatic heterocycles. The maximum absolute atomic E-state index is 13.1. The van der Waals surface area contributed by atoms with Crippen LogP contribution in [0.5, 0.6) is 5.75 Å². The zero-order valence-electron chi connectivity index (χ0n) is 15.6. The van der Waals surface area contributed by atoms with E-state index in [0.717, 1.165) is 24.5 Å². The van der Waals surface area contributed by atoms with Gasteiger partial charge in [-0.1, -0.05) is 6.07 Å². The molecule has 0 saturated carbocycles. The second-order valence-electron chi connectivity index (χ2n) is 6.85. The van der Waals surface area contributed by atoms with Crippen molar-refractivity contribution in [2.75, 3.05) is 31.6 Å². The Hall–Kier alpha value is -1.89. The van der Waals surface area contributed by atoms with Gasteiger partial charge in [0.15, 0.2) is 6.54 Å². The predicted octanol–water partition coefficient (Wildman–Crippen LogP) is 1.98. The van der Waals surface area contributed by atoms with Gasteiger partial charge in [0.25, 0.3) is 5.91 Å². The van der Waals surface area contributed by atoms with E-state index in [0.29, 0.717) is 13.1 Å². The molecular weight excluding hydrogens is 348 g/mol. The number of methoxy groups -OCH3 is 1. The van der Waals surface area contributed by atoms with Crippen LogP contribution in [0.15, 0.2) is 41.8 Å². The van der Waals surface area contributed by atoms with Crippen LogP contribution < -0.4 is 14.5 Å². The molecule has 3 rings (SSSR count). The first-order chi connectivity index (χ1) is 12.5. The van der Waals surface area contributed by atoms with E-state index in [9.17, 15) is 4.79 Å². The van der Waals surface area contributed by atoms with E-state index in [1.54, 1.807) is 18.4 Å². The largest absolute Gasteiger partial charge is 0.497 e. The molecule has 1 aromatic carbocycles. The molecule has 0 aliphatic carbocycles. The molecule has 0 radical (unpaired) electrons. The number of rotatable bonds is 6. The van der Waals surface area contributed by atoms with E-state index in [-0.39, 0.29) is 18.1 Å². The molecule has 1 aromatic heterocycles. The van der Waals surface area contributed by atoms with Gasteiger partial charge in [-0.2, -0.15) is 0 Å². The standard InChI is InChI=1S/C20H26N2O3S/c1-15-11-21(12-16(2)25-15)14-20(23)22(13-19-5-4-10-26-19)17-6-8-18(24-3)9-7-17/h4-10,15-16H,11-14H2,1-3H3/p+1/t15-,16-/m0/s1.